The van der Waals surface area contributed by atoms with E-state index in [1.165, 1.54) is 36.4 Å². The number of ether oxygens (including phenoxy) is 1. The van der Waals surface area contributed by atoms with Crippen molar-refractivity contribution in [3.63, 3.8) is 0 Å². The van der Waals surface area contributed by atoms with Crippen LogP contribution in [0.15, 0.2) is 48.5 Å². The molecule has 2 aromatic carbocycles. The predicted molar refractivity (Wildman–Crippen MR) is 94.9 cm³/mol. The molecule has 0 aromatic heterocycles. The lowest BCUT2D eigenvalue weighted by Gasteiger charge is -2.07. The van der Waals surface area contributed by atoms with Crippen LogP contribution in [0.25, 0.3) is 0 Å². The van der Waals surface area contributed by atoms with Crippen LogP contribution in [0.4, 0.5) is 10.1 Å². The molecule has 0 radical (unpaired) electrons. The lowest BCUT2D eigenvalue weighted by Crippen LogP contribution is -2.24. The van der Waals surface area contributed by atoms with E-state index >= 15 is 0 Å². The van der Waals surface area contributed by atoms with Gasteiger partial charge in [-0.05, 0) is 48.9 Å². The summed E-state index contributed by atoms with van der Waals surface area (Å²) in [5.41, 5.74) is 1.08. The van der Waals surface area contributed by atoms with Gasteiger partial charge in [0, 0.05) is 5.69 Å². The van der Waals surface area contributed by atoms with Gasteiger partial charge in [-0.1, -0.05) is 12.1 Å². The normalized spacial score (nSPS) is 11.0. The van der Waals surface area contributed by atoms with Gasteiger partial charge in [0.15, 0.2) is 9.84 Å². The summed E-state index contributed by atoms with van der Waals surface area (Å²) in [4.78, 5) is 23.4. The molecule has 138 valence electrons. The number of nitrogens with one attached hydrogen (secondary N) is 1. The Hall–Kier alpha value is -2.74. The van der Waals surface area contributed by atoms with E-state index in [9.17, 15) is 22.4 Å². The van der Waals surface area contributed by atoms with Crippen LogP contribution in [0.3, 0.4) is 0 Å². The number of esters is 1. The Balaban J connectivity index is 1.96. The fourth-order valence-electron chi connectivity index (χ4n) is 2.19. The van der Waals surface area contributed by atoms with E-state index in [-0.39, 0.29) is 12.4 Å². The summed E-state index contributed by atoms with van der Waals surface area (Å²) in [7, 11) is -3.71. The van der Waals surface area contributed by atoms with Crippen molar-refractivity contribution in [2.24, 2.45) is 0 Å². The number of hydrogen-bond donors (Lipinski definition) is 1. The van der Waals surface area contributed by atoms with Crippen LogP contribution in [0.2, 0.25) is 0 Å². The van der Waals surface area contributed by atoms with Crippen molar-refractivity contribution in [3.05, 3.63) is 65.5 Å². The zero-order chi connectivity index (χ0) is 19.2. The monoisotopic (exact) mass is 379 g/mol. The Morgan fingerprint density at radius 3 is 2.23 bits per heavy atom. The number of halogens is 1. The number of carbonyl (C=O) groups is 2. The van der Waals surface area contributed by atoms with E-state index in [1.807, 2.05) is 0 Å². The molecule has 0 saturated carbocycles. The summed E-state index contributed by atoms with van der Waals surface area (Å²) in [5, 5.41) is 2.40. The highest BCUT2D eigenvalue weighted by molar-refractivity contribution is 7.91. The van der Waals surface area contributed by atoms with Gasteiger partial charge < -0.3 is 10.1 Å². The van der Waals surface area contributed by atoms with Gasteiger partial charge in [0.1, 0.15) is 11.6 Å². The summed E-state index contributed by atoms with van der Waals surface area (Å²) in [6, 6.07) is 11.0. The Bertz CT molecular complexity index is 877. The highest BCUT2D eigenvalue weighted by Crippen LogP contribution is 2.12. The minimum atomic E-state index is -3.71. The molecule has 0 bridgehead atoms. The number of hydrogen-bond acceptors (Lipinski definition) is 5. The van der Waals surface area contributed by atoms with E-state index in [2.05, 4.69) is 5.32 Å². The fourth-order valence-corrected chi connectivity index (χ4v) is 3.46. The molecule has 2 rings (SSSR count). The van der Waals surface area contributed by atoms with Gasteiger partial charge in [0.2, 0.25) is 5.91 Å². The first-order valence-corrected chi connectivity index (χ1v) is 9.63. The molecule has 26 heavy (non-hydrogen) atoms. The second kappa shape index (κ2) is 8.57. The fraction of sp³-hybridized carbons (Fsp3) is 0.222. The zero-order valence-electron chi connectivity index (χ0n) is 14.1. The lowest BCUT2D eigenvalue weighted by atomic mass is 10.1. The van der Waals surface area contributed by atoms with E-state index in [0.717, 1.165) is 12.1 Å². The molecular weight excluding hydrogens is 361 g/mol. The summed E-state index contributed by atoms with van der Waals surface area (Å²) in [6.07, 6.45) is 0. The highest BCUT2D eigenvalue weighted by atomic mass is 32.2. The van der Waals surface area contributed by atoms with Crippen molar-refractivity contribution in [2.75, 3.05) is 17.7 Å². The number of rotatable bonds is 7. The van der Waals surface area contributed by atoms with E-state index < -0.39 is 33.3 Å². The Morgan fingerprint density at radius 1 is 1.04 bits per heavy atom. The third-order valence-electron chi connectivity index (χ3n) is 3.33. The van der Waals surface area contributed by atoms with Crippen molar-refractivity contribution in [1.82, 2.24) is 0 Å². The quantitative estimate of drug-likeness (QED) is 0.747. The molecule has 6 nitrogen and oxygen atoms in total. The second-order valence-electron chi connectivity index (χ2n) is 5.50. The highest BCUT2D eigenvalue weighted by Gasteiger charge is 2.18. The van der Waals surface area contributed by atoms with Gasteiger partial charge in [0.25, 0.3) is 0 Å². The first kappa shape index (κ1) is 19.6. The van der Waals surface area contributed by atoms with E-state index in [4.69, 9.17) is 4.74 Å². The molecule has 1 N–H and O–H groups in total. The maximum absolute atomic E-state index is 12.8. The number of amides is 1. The summed E-state index contributed by atoms with van der Waals surface area (Å²) < 4.78 is 42.0. The molecule has 0 heterocycles. The van der Waals surface area contributed by atoms with E-state index in [0.29, 0.717) is 16.8 Å². The molecule has 0 saturated heterocycles. The molecule has 0 spiro atoms. The number of carbonyl (C=O) groups excluding carboxylic acids is 2. The molecular formula is C18H18FNO5S. The van der Waals surface area contributed by atoms with Crippen LogP contribution in [-0.4, -0.2) is 32.7 Å². The first-order valence-electron chi connectivity index (χ1n) is 7.81. The topological polar surface area (TPSA) is 89.5 Å². The Morgan fingerprint density at radius 2 is 1.65 bits per heavy atom. The average Bonchev–Trinajstić information content (AvgIpc) is 2.57. The van der Waals surface area contributed by atoms with Crippen LogP contribution in [0.1, 0.15) is 22.8 Å². The number of benzene rings is 2. The molecule has 2 aromatic rings. The van der Waals surface area contributed by atoms with E-state index in [1.54, 1.807) is 6.92 Å². The van der Waals surface area contributed by atoms with Crippen LogP contribution in [0, 0.1) is 5.82 Å². The van der Waals surface area contributed by atoms with Crippen LogP contribution < -0.4 is 5.32 Å². The van der Waals surface area contributed by atoms with Crippen molar-refractivity contribution in [3.8, 4) is 0 Å². The van der Waals surface area contributed by atoms with Gasteiger partial charge in [-0.2, -0.15) is 0 Å². The van der Waals surface area contributed by atoms with Crippen molar-refractivity contribution >= 4 is 27.4 Å². The van der Waals surface area contributed by atoms with Gasteiger partial charge in [-0.25, -0.2) is 17.6 Å². The van der Waals surface area contributed by atoms with Gasteiger partial charge in [0.05, 0.1) is 17.9 Å². The lowest BCUT2D eigenvalue weighted by molar-refractivity contribution is -0.113. The zero-order valence-corrected chi connectivity index (χ0v) is 14.9. The number of sulfone groups is 1. The first-order chi connectivity index (χ1) is 12.3. The average molecular weight is 379 g/mol. The third-order valence-corrected chi connectivity index (χ3v) is 4.81. The minimum Gasteiger partial charge on any atom is -0.462 e. The molecule has 0 atom stereocenters. The van der Waals surface area contributed by atoms with Crippen molar-refractivity contribution in [1.29, 1.82) is 0 Å². The molecule has 0 aliphatic rings. The Kier molecular flexibility index (Phi) is 6.46. The summed E-state index contributed by atoms with van der Waals surface area (Å²) in [6.45, 7) is 1.94. The third kappa shape index (κ3) is 5.96. The van der Waals surface area contributed by atoms with Gasteiger partial charge >= 0.3 is 5.97 Å². The molecule has 0 aliphatic carbocycles. The smallest absolute Gasteiger partial charge is 0.338 e. The van der Waals surface area contributed by atoms with Gasteiger partial charge in [-0.3, -0.25) is 4.79 Å². The molecule has 0 unspecified atom stereocenters. The standard InChI is InChI=1S/C18H18FNO5S/c1-2-25-18(22)14-5-3-13(4-6-14)11-26(23,24)12-17(21)20-16-9-7-15(19)8-10-16/h3-10H,2,11-12H2,1H3,(H,20,21). The molecule has 8 heteroatoms. The Labute approximate surface area is 150 Å². The molecule has 0 fully saturated rings. The number of anilines is 1. The van der Waals surface area contributed by atoms with Crippen molar-refractivity contribution < 1.29 is 27.1 Å². The molecule has 0 aliphatic heterocycles. The summed E-state index contributed by atoms with van der Waals surface area (Å²) >= 11 is 0. The van der Waals surface area contributed by atoms with Crippen LogP contribution >= 0.6 is 0 Å². The van der Waals surface area contributed by atoms with Crippen LogP contribution in [-0.2, 0) is 25.1 Å². The molecule has 1 amide bonds. The van der Waals surface area contributed by atoms with Crippen LogP contribution in [0.5, 0.6) is 0 Å². The largest absolute Gasteiger partial charge is 0.462 e. The van der Waals surface area contributed by atoms with Crippen molar-refractivity contribution in [2.45, 2.75) is 12.7 Å². The second-order valence-corrected chi connectivity index (χ2v) is 7.57. The maximum atomic E-state index is 12.8. The van der Waals surface area contributed by atoms with Gasteiger partial charge in [-0.15, -0.1) is 0 Å². The SMILES string of the molecule is CCOC(=O)c1ccc(CS(=O)(=O)CC(=O)Nc2ccc(F)cc2)cc1. The maximum Gasteiger partial charge on any atom is 0.338 e. The summed E-state index contributed by atoms with van der Waals surface area (Å²) in [5.74, 6) is -2.70. The minimum absolute atomic E-state index is 0.248. The predicted octanol–water partition coefficient (Wildman–Crippen LogP) is 2.56.